The first-order valence-corrected chi connectivity index (χ1v) is 12.8. The van der Waals surface area contributed by atoms with Crippen LogP contribution in [0.25, 0.3) is 11.3 Å². The number of fused-ring (bicyclic) bond motifs is 2. The van der Waals surface area contributed by atoms with Gasteiger partial charge in [-0.25, -0.2) is 4.99 Å². The largest absolute Gasteiger partial charge is 0.292 e. The van der Waals surface area contributed by atoms with Crippen LogP contribution in [-0.2, 0) is 5.54 Å². The molecular weight excluding hydrogens is 490 g/mol. The van der Waals surface area contributed by atoms with Gasteiger partial charge in [-0.05, 0) is 22.3 Å². The summed E-state index contributed by atoms with van der Waals surface area (Å²) in [4.78, 5) is 7.37. The van der Waals surface area contributed by atoms with Crippen LogP contribution in [0.2, 0.25) is 0 Å². The van der Waals surface area contributed by atoms with Gasteiger partial charge in [0.25, 0.3) is 0 Å². The van der Waals surface area contributed by atoms with E-state index in [4.69, 9.17) is 4.99 Å². The Labute approximate surface area is 231 Å². The van der Waals surface area contributed by atoms with Crippen molar-refractivity contribution in [3.05, 3.63) is 165 Å². The molecule has 0 atom stereocenters. The summed E-state index contributed by atoms with van der Waals surface area (Å²) in [5, 5.41) is 31.0. The molecule has 4 aromatic carbocycles. The van der Waals surface area contributed by atoms with Gasteiger partial charge in [0.15, 0.2) is 11.4 Å². The summed E-state index contributed by atoms with van der Waals surface area (Å²) in [6.45, 7) is 0. The monoisotopic (exact) mass is 509 g/mol. The van der Waals surface area contributed by atoms with E-state index in [1.54, 1.807) is 0 Å². The van der Waals surface area contributed by atoms with Crippen LogP contribution in [-0.4, -0.2) is 10.7 Å². The lowest BCUT2D eigenvalue weighted by Crippen LogP contribution is -2.38. The number of nitrogens with zero attached hydrogens (tertiary/aromatic N) is 5. The van der Waals surface area contributed by atoms with Crippen LogP contribution in [0.5, 0.6) is 0 Å². The molecule has 3 aliphatic rings. The topological polar surface area (TPSA) is 87.0 Å². The fourth-order valence-electron chi connectivity index (χ4n) is 6.12. The summed E-state index contributed by atoms with van der Waals surface area (Å²) < 4.78 is 0. The maximum Gasteiger partial charge on any atom is 0.154 e. The van der Waals surface area contributed by atoms with E-state index in [-0.39, 0.29) is 16.7 Å². The van der Waals surface area contributed by atoms with Gasteiger partial charge in [-0.1, -0.05) is 115 Å². The van der Waals surface area contributed by atoms with Gasteiger partial charge < -0.3 is 0 Å². The highest BCUT2D eigenvalue weighted by molar-refractivity contribution is 6.18. The van der Waals surface area contributed by atoms with Gasteiger partial charge in [-0.2, -0.15) is 15.8 Å². The molecule has 0 aliphatic carbocycles. The lowest BCUT2D eigenvalue weighted by Gasteiger charge is -2.41. The molecule has 0 spiro atoms. The quantitative estimate of drug-likeness (QED) is 0.307. The molecule has 3 aliphatic heterocycles. The maximum atomic E-state index is 10.4. The van der Waals surface area contributed by atoms with Crippen molar-refractivity contribution in [2.45, 2.75) is 5.54 Å². The first kappa shape index (κ1) is 23.2. The van der Waals surface area contributed by atoms with Gasteiger partial charge >= 0.3 is 0 Å². The van der Waals surface area contributed by atoms with Gasteiger partial charge in [0.2, 0.25) is 0 Å². The predicted molar refractivity (Wildman–Crippen MR) is 153 cm³/mol. The zero-order valence-electron chi connectivity index (χ0n) is 21.2. The fourth-order valence-corrected chi connectivity index (χ4v) is 6.12. The molecule has 184 valence electrons. The molecule has 5 nitrogen and oxygen atoms in total. The molecule has 0 saturated heterocycles. The Hall–Kier alpha value is -5.96. The standard InChI is InChI=1S/C35H19N5/c36-20-28-29(21-37)32-27-19-11-10-18-26(27)31(23-12-4-1-5-13-23)33-35(24-14-6-2-7-15-24,25-16-8-3-9-17-25)39-34(40(32)33)30(28)22-38/h1-19H. The summed E-state index contributed by atoms with van der Waals surface area (Å²) in [7, 11) is 0. The fraction of sp³-hybridized carbons (Fsp3) is 0.0286. The van der Waals surface area contributed by atoms with E-state index in [0.29, 0.717) is 11.5 Å². The number of rotatable bonds is 3. The highest BCUT2D eigenvalue weighted by Crippen LogP contribution is 2.58. The molecule has 0 aromatic heterocycles. The van der Waals surface area contributed by atoms with Crippen molar-refractivity contribution in [1.82, 2.24) is 4.90 Å². The van der Waals surface area contributed by atoms with Crippen LogP contribution in [0.3, 0.4) is 0 Å². The number of amidine groups is 1. The second kappa shape index (κ2) is 8.81. The minimum Gasteiger partial charge on any atom is -0.292 e. The van der Waals surface area contributed by atoms with Crippen molar-refractivity contribution < 1.29 is 0 Å². The van der Waals surface area contributed by atoms with Gasteiger partial charge in [0, 0.05) is 11.1 Å². The van der Waals surface area contributed by atoms with Crippen molar-refractivity contribution in [2.24, 2.45) is 4.99 Å². The SMILES string of the molecule is N#CC1=C(C#N)C(C#N)=C2c3ccccc3C(c3ccccc3)=C3N2C1=NC3(c1ccccc1)c1ccccc1. The van der Waals surface area contributed by atoms with Crippen molar-refractivity contribution >= 4 is 17.1 Å². The minimum atomic E-state index is -1.06. The second-order valence-corrected chi connectivity index (χ2v) is 9.66. The van der Waals surface area contributed by atoms with E-state index >= 15 is 0 Å². The van der Waals surface area contributed by atoms with Gasteiger partial charge in [0.1, 0.15) is 23.8 Å². The Balaban J connectivity index is 1.77. The summed E-state index contributed by atoms with van der Waals surface area (Å²) in [5.41, 5.74) is 6.20. The third-order valence-electron chi connectivity index (χ3n) is 7.71. The lowest BCUT2D eigenvalue weighted by molar-refractivity contribution is 0.575. The maximum absolute atomic E-state index is 10.4. The van der Waals surface area contributed by atoms with E-state index in [0.717, 1.165) is 39.1 Å². The first-order valence-electron chi connectivity index (χ1n) is 12.8. The van der Waals surface area contributed by atoms with E-state index in [1.165, 1.54) is 0 Å². The zero-order chi connectivity index (χ0) is 27.3. The molecule has 0 bridgehead atoms. The first-order chi connectivity index (χ1) is 19.7. The lowest BCUT2D eigenvalue weighted by atomic mass is 9.74. The molecule has 0 radical (unpaired) electrons. The average molecular weight is 510 g/mol. The molecule has 0 saturated carbocycles. The Morgan fingerprint density at radius 3 is 1.60 bits per heavy atom. The third kappa shape index (κ3) is 2.96. The third-order valence-corrected chi connectivity index (χ3v) is 7.71. The number of allylic oxidation sites excluding steroid dienone is 2. The van der Waals surface area contributed by atoms with E-state index in [2.05, 4.69) is 36.4 Å². The normalized spacial score (nSPS) is 16.4. The van der Waals surface area contributed by atoms with Crippen molar-refractivity contribution in [3.63, 3.8) is 0 Å². The number of benzene rings is 4. The van der Waals surface area contributed by atoms with Crippen molar-refractivity contribution in [2.75, 3.05) is 0 Å². The van der Waals surface area contributed by atoms with Crippen LogP contribution in [0, 0.1) is 34.0 Å². The van der Waals surface area contributed by atoms with Crippen molar-refractivity contribution in [1.29, 1.82) is 15.8 Å². The summed E-state index contributed by atoms with van der Waals surface area (Å²) in [6.07, 6.45) is 0. The van der Waals surface area contributed by atoms with Crippen LogP contribution in [0.4, 0.5) is 0 Å². The predicted octanol–water partition coefficient (Wildman–Crippen LogP) is 6.71. The molecule has 4 aromatic rings. The second-order valence-electron chi connectivity index (χ2n) is 9.66. The Morgan fingerprint density at radius 2 is 1.05 bits per heavy atom. The molecule has 0 amide bonds. The molecule has 40 heavy (non-hydrogen) atoms. The highest BCUT2D eigenvalue weighted by atomic mass is 15.3. The summed E-state index contributed by atoms with van der Waals surface area (Å²) >= 11 is 0. The van der Waals surface area contributed by atoms with E-state index in [1.807, 2.05) is 102 Å². The summed E-state index contributed by atoms with van der Waals surface area (Å²) in [5.74, 6) is 0.374. The van der Waals surface area contributed by atoms with Crippen LogP contribution >= 0.6 is 0 Å². The average Bonchev–Trinajstić information content (AvgIpc) is 3.38. The molecule has 3 heterocycles. The number of aliphatic imine (C=N–C) groups is 1. The Morgan fingerprint density at radius 1 is 0.550 bits per heavy atom. The van der Waals surface area contributed by atoms with E-state index < -0.39 is 5.54 Å². The van der Waals surface area contributed by atoms with Gasteiger partial charge in [-0.3, -0.25) is 4.90 Å². The number of hydrogen-bond acceptors (Lipinski definition) is 5. The smallest absolute Gasteiger partial charge is 0.154 e. The number of hydrogen-bond donors (Lipinski definition) is 0. The molecular formula is C35H19N5. The minimum absolute atomic E-state index is 0.0456. The highest BCUT2D eigenvalue weighted by Gasteiger charge is 2.55. The zero-order valence-corrected chi connectivity index (χ0v) is 21.2. The molecule has 5 heteroatoms. The van der Waals surface area contributed by atoms with Crippen LogP contribution in [0.15, 0.2) is 143 Å². The van der Waals surface area contributed by atoms with Crippen LogP contribution in [0.1, 0.15) is 27.8 Å². The van der Waals surface area contributed by atoms with E-state index in [9.17, 15) is 15.8 Å². The Kier molecular flexibility index (Phi) is 5.11. The number of nitriles is 3. The van der Waals surface area contributed by atoms with Gasteiger partial charge in [0.05, 0.1) is 22.5 Å². The molecule has 0 fully saturated rings. The van der Waals surface area contributed by atoms with Crippen molar-refractivity contribution in [3.8, 4) is 18.2 Å². The summed E-state index contributed by atoms with van der Waals surface area (Å²) in [6, 6.07) is 44.8. The molecule has 0 unspecified atom stereocenters. The van der Waals surface area contributed by atoms with Gasteiger partial charge in [-0.15, -0.1) is 0 Å². The van der Waals surface area contributed by atoms with Crippen LogP contribution < -0.4 is 0 Å². The Bertz CT molecular complexity index is 1920. The molecule has 7 rings (SSSR count). The molecule has 0 N–H and O–H groups in total.